The molecule has 0 aromatic heterocycles. The number of sulfonamides is 1. The molecule has 1 N–H and O–H groups in total. The lowest BCUT2D eigenvalue weighted by Crippen LogP contribution is -2.42. The van der Waals surface area contributed by atoms with E-state index in [0.717, 1.165) is 22.0 Å². The zero-order chi connectivity index (χ0) is 23.4. The number of nitriles is 1. The van der Waals surface area contributed by atoms with Crippen LogP contribution in [0.1, 0.15) is 24.0 Å². The molecule has 0 radical (unpaired) electrons. The van der Waals surface area contributed by atoms with E-state index in [1.54, 1.807) is 24.3 Å². The molecule has 1 amide bonds. The summed E-state index contributed by atoms with van der Waals surface area (Å²) >= 11 is 0. The SMILES string of the molecule is N#Cc1ccc(CNC(=O)C2CCN(S(=O)(=O)c3cccc(OC(F)(F)F)c3)CC2)cc1. The van der Waals surface area contributed by atoms with Crippen molar-refractivity contribution in [3.8, 4) is 11.8 Å². The molecule has 1 aliphatic heterocycles. The van der Waals surface area contributed by atoms with E-state index >= 15 is 0 Å². The number of alkyl halides is 3. The van der Waals surface area contributed by atoms with Crippen LogP contribution in [0.4, 0.5) is 13.2 Å². The van der Waals surface area contributed by atoms with Crippen LogP contribution in [0, 0.1) is 17.2 Å². The molecule has 0 bridgehead atoms. The highest BCUT2D eigenvalue weighted by atomic mass is 32.2. The highest BCUT2D eigenvalue weighted by molar-refractivity contribution is 7.89. The highest BCUT2D eigenvalue weighted by Crippen LogP contribution is 2.28. The summed E-state index contributed by atoms with van der Waals surface area (Å²) in [7, 11) is -4.02. The number of carbonyl (C=O) groups is 1. The monoisotopic (exact) mass is 467 g/mol. The number of benzene rings is 2. The molecule has 7 nitrogen and oxygen atoms in total. The zero-order valence-corrected chi connectivity index (χ0v) is 17.6. The zero-order valence-electron chi connectivity index (χ0n) is 16.8. The smallest absolute Gasteiger partial charge is 0.406 e. The van der Waals surface area contributed by atoms with E-state index in [9.17, 15) is 26.4 Å². The molecule has 1 fully saturated rings. The van der Waals surface area contributed by atoms with Gasteiger partial charge in [-0.3, -0.25) is 4.79 Å². The van der Waals surface area contributed by atoms with E-state index in [0.29, 0.717) is 5.56 Å². The predicted molar refractivity (Wildman–Crippen MR) is 108 cm³/mol. The van der Waals surface area contributed by atoms with Gasteiger partial charge in [0.05, 0.1) is 16.5 Å². The Morgan fingerprint density at radius 1 is 1.16 bits per heavy atom. The second kappa shape index (κ2) is 9.58. The fourth-order valence-electron chi connectivity index (χ4n) is 3.37. The van der Waals surface area contributed by atoms with Crippen molar-refractivity contribution in [3.63, 3.8) is 0 Å². The van der Waals surface area contributed by atoms with Crippen LogP contribution in [0.5, 0.6) is 5.75 Å². The van der Waals surface area contributed by atoms with E-state index in [1.165, 1.54) is 12.1 Å². The lowest BCUT2D eigenvalue weighted by Gasteiger charge is -2.30. The third-order valence-electron chi connectivity index (χ3n) is 5.05. The first-order valence-corrected chi connectivity index (χ1v) is 11.2. The molecule has 2 aromatic carbocycles. The quantitative estimate of drug-likeness (QED) is 0.704. The van der Waals surface area contributed by atoms with Crippen molar-refractivity contribution < 1.29 is 31.1 Å². The number of rotatable bonds is 6. The van der Waals surface area contributed by atoms with Gasteiger partial charge in [0.1, 0.15) is 5.75 Å². The summed E-state index contributed by atoms with van der Waals surface area (Å²) in [4.78, 5) is 12.1. The summed E-state index contributed by atoms with van der Waals surface area (Å²) in [5, 5.41) is 11.6. The normalized spacial score (nSPS) is 15.7. The largest absolute Gasteiger partial charge is 0.573 e. The molecular weight excluding hydrogens is 447 g/mol. The number of amides is 1. The van der Waals surface area contributed by atoms with Crippen LogP contribution in [-0.4, -0.2) is 38.1 Å². The molecule has 0 aliphatic carbocycles. The molecule has 11 heteroatoms. The maximum absolute atomic E-state index is 12.8. The van der Waals surface area contributed by atoms with Gasteiger partial charge in [-0.25, -0.2) is 8.42 Å². The Kier molecular flexibility index (Phi) is 7.06. The van der Waals surface area contributed by atoms with Crippen LogP contribution in [-0.2, 0) is 21.4 Å². The first-order valence-electron chi connectivity index (χ1n) is 9.71. The third kappa shape index (κ3) is 5.99. The molecule has 3 rings (SSSR count). The Bertz CT molecular complexity index is 1100. The van der Waals surface area contributed by atoms with E-state index in [4.69, 9.17) is 5.26 Å². The van der Waals surface area contributed by atoms with Crippen LogP contribution in [0.15, 0.2) is 53.4 Å². The van der Waals surface area contributed by atoms with Gasteiger partial charge in [0.15, 0.2) is 0 Å². The topological polar surface area (TPSA) is 99.5 Å². The fraction of sp³-hybridized carbons (Fsp3) is 0.333. The average molecular weight is 467 g/mol. The van der Waals surface area contributed by atoms with Crippen molar-refractivity contribution in [1.82, 2.24) is 9.62 Å². The molecule has 0 unspecified atom stereocenters. The predicted octanol–water partition coefficient (Wildman–Crippen LogP) is 3.17. The van der Waals surface area contributed by atoms with Gasteiger partial charge in [-0.1, -0.05) is 18.2 Å². The Morgan fingerprint density at radius 3 is 2.41 bits per heavy atom. The number of carbonyl (C=O) groups excluding carboxylic acids is 1. The molecule has 32 heavy (non-hydrogen) atoms. The minimum Gasteiger partial charge on any atom is -0.406 e. The van der Waals surface area contributed by atoms with Crippen molar-refractivity contribution in [1.29, 1.82) is 5.26 Å². The molecule has 1 saturated heterocycles. The van der Waals surface area contributed by atoms with Crippen LogP contribution in [0.2, 0.25) is 0 Å². The van der Waals surface area contributed by atoms with Crippen LogP contribution in [0.3, 0.4) is 0 Å². The summed E-state index contributed by atoms with van der Waals surface area (Å²) in [5.41, 5.74) is 1.35. The first-order chi connectivity index (χ1) is 15.1. The number of nitrogens with zero attached hydrogens (tertiary/aromatic N) is 2. The maximum Gasteiger partial charge on any atom is 0.573 e. The number of ether oxygens (including phenoxy) is 1. The first kappa shape index (κ1) is 23.6. The molecule has 0 spiro atoms. The van der Waals surface area contributed by atoms with Gasteiger partial charge in [0.2, 0.25) is 15.9 Å². The van der Waals surface area contributed by atoms with Crippen LogP contribution in [0.25, 0.3) is 0 Å². The van der Waals surface area contributed by atoms with E-state index < -0.39 is 22.1 Å². The van der Waals surface area contributed by atoms with Crippen molar-refractivity contribution in [2.24, 2.45) is 5.92 Å². The minimum atomic E-state index is -4.92. The summed E-state index contributed by atoms with van der Waals surface area (Å²) < 4.78 is 67.8. The standard InChI is InChI=1S/C21H20F3N3O4S/c22-21(23,24)31-18-2-1-3-19(12-18)32(29,30)27-10-8-17(9-11-27)20(28)26-14-16-6-4-15(13-25)5-7-16/h1-7,12,17H,8-11,14H2,(H,26,28). The lowest BCUT2D eigenvalue weighted by atomic mass is 9.97. The lowest BCUT2D eigenvalue weighted by molar-refractivity contribution is -0.274. The summed E-state index contributed by atoms with van der Waals surface area (Å²) in [6, 6.07) is 13.0. The number of hydrogen-bond donors (Lipinski definition) is 1. The molecule has 1 aliphatic rings. The number of hydrogen-bond acceptors (Lipinski definition) is 5. The fourth-order valence-corrected chi connectivity index (χ4v) is 4.88. The van der Waals surface area contributed by atoms with Crippen LogP contribution < -0.4 is 10.1 Å². The van der Waals surface area contributed by atoms with Crippen molar-refractivity contribution >= 4 is 15.9 Å². The second-order valence-corrected chi connectivity index (χ2v) is 9.17. The molecule has 2 aromatic rings. The minimum absolute atomic E-state index is 0.0711. The Morgan fingerprint density at radius 2 is 1.81 bits per heavy atom. The Hall–Kier alpha value is -3.10. The van der Waals surface area contributed by atoms with Crippen molar-refractivity contribution in [2.45, 2.75) is 30.6 Å². The number of piperidine rings is 1. The summed E-state index contributed by atoms with van der Waals surface area (Å²) in [5.74, 6) is -1.19. The van der Waals surface area contributed by atoms with Gasteiger partial charge < -0.3 is 10.1 Å². The molecule has 1 heterocycles. The van der Waals surface area contributed by atoms with E-state index in [1.807, 2.05) is 6.07 Å². The Balaban J connectivity index is 1.56. The number of halogens is 3. The van der Waals surface area contributed by atoms with Gasteiger partial charge in [0, 0.05) is 31.6 Å². The highest BCUT2D eigenvalue weighted by Gasteiger charge is 2.34. The van der Waals surface area contributed by atoms with Crippen molar-refractivity contribution in [2.75, 3.05) is 13.1 Å². The third-order valence-corrected chi connectivity index (χ3v) is 6.95. The van der Waals surface area contributed by atoms with E-state index in [-0.39, 0.29) is 49.2 Å². The Labute approximate surface area is 183 Å². The number of nitrogens with one attached hydrogen (secondary N) is 1. The molecular formula is C21H20F3N3O4S. The van der Waals surface area contributed by atoms with Gasteiger partial charge in [0.25, 0.3) is 0 Å². The molecule has 0 saturated carbocycles. The second-order valence-electron chi connectivity index (χ2n) is 7.23. The van der Waals surface area contributed by atoms with E-state index in [2.05, 4.69) is 10.1 Å². The summed E-state index contributed by atoms with van der Waals surface area (Å²) in [6.45, 7) is 0.429. The maximum atomic E-state index is 12.8. The van der Waals surface area contributed by atoms with Crippen molar-refractivity contribution in [3.05, 3.63) is 59.7 Å². The van der Waals surface area contributed by atoms with Gasteiger partial charge in [-0.2, -0.15) is 9.57 Å². The van der Waals surface area contributed by atoms with Gasteiger partial charge in [-0.15, -0.1) is 13.2 Å². The average Bonchev–Trinajstić information content (AvgIpc) is 2.77. The molecule has 170 valence electrons. The molecule has 0 atom stereocenters. The van der Waals surface area contributed by atoms with Gasteiger partial charge in [-0.05, 0) is 42.7 Å². The van der Waals surface area contributed by atoms with Crippen LogP contribution >= 0.6 is 0 Å². The summed E-state index contributed by atoms with van der Waals surface area (Å²) in [6.07, 6.45) is -4.35. The van der Waals surface area contributed by atoms with Gasteiger partial charge >= 0.3 is 6.36 Å².